The number of rotatable bonds is 4. The van der Waals surface area contributed by atoms with E-state index in [9.17, 15) is 4.79 Å². The highest BCUT2D eigenvalue weighted by Crippen LogP contribution is 2.25. The SMILES string of the molecule is O=C(NC[C@@H]1CCCNC1)c1ccnc2nc(-c3ccc(Br)o3)[nH]c12. The number of pyridine rings is 1. The van der Waals surface area contributed by atoms with Gasteiger partial charge in [-0.05, 0) is 66.0 Å². The van der Waals surface area contributed by atoms with Crippen LogP contribution in [0.1, 0.15) is 23.2 Å². The highest BCUT2D eigenvalue weighted by Gasteiger charge is 2.18. The molecule has 8 heteroatoms. The van der Waals surface area contributed by atoms with Gasteiger partial charge in [0.1, 0.15) is 0 Å². The number of piperidine rings is 1. The van der Waals surface area contributed by atoms with E-state index in [1.165, 1.54) is 0 Å². The number of imidazole rings is 1. The highest BCUT2D eigenvalue weighted by atomic mass is 79.9. The van der Waals surface area contributed by atoms with Crippen LogP contribution in [0.4, 0.5) is 0 Å². The van der Waals surface area contributed by atoms with Gasteiger partial charge in [0.25, 0.3) is 5.91 Å². The van der Waals surface area contributed by atoms with Crippen molar-refractivity contribution in [2.45, 2.75) is 12.8 Å². The lowest BCUT2D eigenvalue weighted by molar-refractivity contribution is 0.0946. The molecule has 3 N–H and O–H groups in total. The number of nitrogens with one attached hydrogen (secondary N) is 3. The van der Waals surface area contributed by atoms with Crippen molar-refractivity contribution in [3.8, 4) is 11.6 Å². The van der Waals surface area contributed by atoms with Crippen molar-refractivity contribution in [2.75, 3.05) is 19.6 Å². The van der Waals surface area contributed by atoms with Crippen molar-refractivity contribution < 1.29 is 9.21 Å². The average molecular weight is 404 g/mol. The van der Waals surface area contributed by atoms with E-state index in [2.05, 4.69) is 41.5 Å². The Balaban J connectivity index is 1.56. The minimum absolute atomic E-state index is 0.117. The number of amides is 1. The van der Waals surface area contributed by atoms with E-state index < -0.39 is 0 Å². The zero-order chi connectivity index (χ0) is 17.2. The van der Waals surface area contributed by atoms with Crippen molar-refractivity contribution in [3.63, 3.8) is 0 Å². The fourth-order valence-corrected chi connectivity index (χ4v) is 3.40. The topological polar surface area (TPSA) is 95.8 Å². The monoisotopic (exact) mass is 403 g/mol. The molecule has 25 heavy (non-hydrogen) atoms. The highest BCUT2D eigenvalue weighted by molar-refractivity contribution is 9.10. The fourth-order valence-electron chi connectivity index (χ4n) is 3.09. The van der Waals surface area contributed by atoms with Crippen LogP contribution in [0.25, 0.3) is 22.7 Å². The molecule has 0 radical (unpaired) electrons. The van der Waals surface area contributed by atoms with Crippen LogP contribution in [0.5, 0.6) is 0 Å². The van der Waals surface area contributed by atoms with Crippen molar-refractivity contribution in [1.29, 1.82) is 0 Å². The summed E-state index contributed by atoms with van der Waals surface area (Å²) in [5, 5.41) is 6.39. The van der Waals surface area contributed by atoms with Gasteiger partial charge in [0.2, 0.25) is 0 Å². The van der Waals surface area contributed by atoms with Crippen molar-refractivity contribution in [3.05, 3.63) is 34.6 Å². The Labute approximate surface area is 152 Å². The van der Waals surface area contributed by atoms with Crippen LogP contribution in [0.2, 0.25) is 0 Å². The minimum Gasteiger partial charge on any atom is -0.446 e. The molecule has 0 spiro atoms. The van der Waals surface area contributed by atoms with E-state index in [0.717, 1.165) is 25.9 Å². The Morgan fingerprint density at radius 1 is 1.40 bits per heavy atom. The van der Waals surface area contributed by atoms with Gasteiger partial charge in [0.05, 0.1) is 11.1 Å². The molecule has 0 aliphatic carbocycles. The first-order valence-corrected chi connectivity index (χ1v) is 9.09. The summed E-state index contributed by atoms with van der Waals surface area (Å²) < 4.78 is 6.13. The minimum atomic E-state index is -0.117. The second kappa shape index (κ2) is 6.97. The third kappa shape index (κ3) is 3.45. The third-order valence-electron chi connectivity index (χ3n) is 4.39. The number of hydrogen-bond acceptors (Lipinski definition) is 5. The summed E-state index contributed by atoms with van der Waals surface area (Å²) in [6.07, 6.45) is 3.89. The lowest BCUT2D eigenvalue weighted by Gasteiger charge is -2.22. The molecule has 0 aromatic carbocycles. The smallest absolute Gasteiger partial charge is 0.253 e. The molecule has 1 atom stereocenters. The van der Waals surface area contributed by atoms with Crippen LogP contribution in [0.15, 0.2) is 33.5 Å². The van der Waals surface area contributed by atoms with E-state index >= 15 is 0 Å². The van der Waals surface area contributed by atoms with Crippen molar-refractivity contribution in [2.24, 2.45) is 5.92 Å². The van der Waals surface area contributed by atoms with Gasteiger partial charge in [-0.3, -0.25) is 4.79 Å². The van der Waals surface area contributed by atoms with Crippen LogP contribution < -0.4 is 10.6 Å². The zero-order valence-corrected chi connectivity index (χ0v) is 15.1. The van der Waals surface area contributed by atoms with Crippen molar-refractivity contribution in [1.82, 2.24) is 25.6 Å². The summed E-state index contributed by atoms with van der Waals surface area (Å²) in [6, 6.07) is 5.30. The molecule has 1 saturated heterocycles. The maximum Gasteiger partial charge on any atom is 0.253 e. The molecular formula is C17H18BrN5O2. The number of furan rings is 1. The molecule has 3 aromatic rings. The Kier molecular flexibility index (Phi) is 4.54. The lowest BCUT2D eigenvalue weighted by Crippen LogP contribution is -2.38. The predicted octanol–water partition coefficient (Wildman–Crippen LogP) is 2.71. The van der Waals surface area contributed by atoms with Gasteiger partial charge in [-0.1, -0.05) is 0 Å². The first-order chi connectivity index (χ1) is 12.2. The van der Waals surface area contributed by atoms with Gasteiger partial charge in [-0.15, -0.1) is 0 Å². The molecular weight excluding hydrogens is 386 g/mol. The quantitative estimate of drug-likeness (QED) is 0.622. The van der Waals surface area contributed by atoms with Crippen molar-refractivity contribution >= 4 is 33.0 Å². The number of nitrogens with zero attached hydrogens (tertiary/aromatic N) is 2. The zero-order valence-electron chi connectivity index (χ0n) is 13.5. The van der Waals surface area contributed by atoms with E-state index in [1.54, 1.807) is 24.4 Å². The van der Waals surface area contributed by atoms with Gasteiger partial charge in [0.15, 0.2) is 21.9 Å². The number of aromatic nitrogens is 3. The normalized spacial score (nSPS) is 17.7. The number of fused-ring (bicyclic) bond motifs is 1. The molecule has 4 heterocycles. The average Bonchev–Trinajstić information content (AvgIpc) is 3.26. The second-order valence-corrected chi connectivity index (χ2v) is 6.95. The Morgan fingerprint density at radius 3 is 3.08 bits per heavy atom. The molecule has 1 aliphatic heterocycles. The molecule has 1 fully saturated rings. The van der Waals surface area contributed by atoms with E-state index in [4.69, 9.17) is 4.42 Å². The molecule has 130 valence electrons. The molecule has 4 rings (SSSR count). The molecule has 1 aliphatic rings. The number of carbonyl (C=O) groups is 1. The number of halogens is 1. The van der Waals surface area contributed by atoms with Gasteiger partial charge < -0.3 is 20.0 Å². The maximum absolute atomic E-state index is 12.6. The summed E-state index contributed by atoms with van der Waals surface area (Å²) in [6.45, 7) is 2.69. The standard InChI is InChI=1S/C17H18BrN5O2/c18-13-4-3-12(25-13)15-22-14-11(5-7-20-16(14)23-15)17(24)21-9-10-2-1-6-19-8-10/h3-5,7,10,19H,1-2,6,8-9H2,(H,21,24)(H,20,22,23)/t10-/m1/s1. The lowest BCUT2D eigenvalue weighted by atomic mass is 10.00. The van der Waals surface area contributed by atoms with Gasteiger partial charge in [0, 0.05) is 12.7 Å². The van der Waals surface area contributed by atoms with E-state index in [1.807, 2.05) is 0 Å². The Morgan fingerprint density at radius 2 is 2.32 bits per heavy atom. The van der Waals surface area contributed by atoms with Gasteiger partial charge >= 0.3 is 0 Å². The largest absolute Gasteiger partial charge is 0.446 e. The third-order valence-corrected chi connectivity index (χ3v) is 4.82. The predicted molar refractivity (Wildman–Crippen MR) is 97.2 cm³/mol. The molecule has 7 nitrogen and oxygen atoms in total. The molecule has 0 unspecified atom stereocenters. The first-order valence-electron chi connectivity index (χ1n) is 8.30. The van der Waals surface area contributed by atoms with Crippen LogP contribution >= 0.6 is 15.9 Å². The summed E-state index contributed by atoms with van der Waals surface area (Å²) >= 11 is 3.28. The summed E-state index contributed by atoms with van der Waals surface area (Å²) in [5.74, 6) is 1.50. The van der Waals surface area contributed by atoms with Crippen LogP contribution in [0.3, 0.4) is 0 Å². The van der Waals surface area contributed by atoms with E-state index in [-0.39, 0.29) is 5.91 Å². The van der Waals surface area contributed by atoms with Crippen LogP contribution in [-0.2, 0) is 0 Å². The summed E-state index contributed by atoms with van der Waals surface area (Å²) in [5.41, 5.74) is 1.65. The number of H-pyrrole nitrogens is 1. The molecule has 3 aromatic heterocycles. The second-order valence-electron chi connectivity index (χ2n) is 6.17. The van der Waals surface area contributed by atoms with Gasteiger partial charge in [-0.2, -0.15) is 0 Å². The number of aromatic amines is 1. The van der Waals surface area contributed by atoms with Crippen LogP contribution in [-0.4, -0.2) is 40.5 Å². The number of carbonyl (C=O) groups excluding carboxylic acids is 1. The van der Waals surface area contributed by atoms with Crippen LogP contribution in [0, 0.1) is 5.92 Å². The number of hydrogen-bond donors (Lipinski definition) is 3. The Hall–Kier alpha value is -2.19. The first kappa shape index (κ1) is 16.3. The summed E-state index contributed by atoms with van der Waals surface area (Å²) in [4.78, 5) is 24.4. The molecule has 0 saturated carbocycles. The summed E-state index contributed by atoms with van der Waals surface area (Å²) in [7, 11) is 0. The van der Waals surface area contributed by atoms with E-state index in [0.29, 0.717) is 45.4 Å². The molecule has 0 bridgehead atoms. The maximum atomic E-state index is 12.6. The fraction of sp³-hybridized carbons (Fsp3) is 0.353. The Bertz CT molecular complexity index is 897. The van der Waals surface area contributed by atoms with Gasteiger partial charge in [-0.25, -0.2) is 9.97 Å². The molecule has 1 amide bonds.